The lowest BCUT2D eigenvalue weighted by Gasteiger charge is -2.54. The second-order valence-corrected chi connectivity index (χ2v) is 7.88. The Labute approximate surface area is 151 Å². The Bertz CT molecular complexity index is 718. The molecule has 0 amide bonds. The number of rotatable bonds is 4. The molecule has 132 valence electrons. The van der Waals surface area contributed by atoms with Crippen LogP contribution in [-0.4, -0.2) is 29.7 Å². The van der Waals surface area contributed by atoms with Crippen LogP contribution in [0.1, 0.15) is 47.1 Å². The molecular weight excluding hydrogens is 306 g/mol. The van der Waals surface area contributed by atoms with Crippen molar-refractivity contribution >= 4 is 0 Å². The van der Waals surface area contributed by atoms with Crippen LogP contribution < -0.4 is 0 Å². The van der Waals surface area contributed by atoms with Gasteiger partial charge in [0.15, 0.2) is 0 Å². The summed E-state index contributed by atoms with van der Waals surface area (Å²) < 4.78 is 0. The Balaban J connectivity index is 1.78. The topological polar surface area (TPSA) is 23.5 Å². The first-order chi connectivity index (χ1) is 12.2. The fraction of sp³-hybridized carbons (Fsp3) is 0.478. The van der Waals surface area contributed by atoms with Crippen molar-refractivity contribution in [3.05, 3.63) is 70.8 Å². The van der Waals surface area contributed by atoms with E-state index in [0.29, 0.717) is 17.9 Å². The molecule has 2 nitrogen and oxygen atoms in total. The van der Waals surface area contributed by atoms with E-state index in [9.17, 15) is 5.11 Å². The molecule has 3 aliphatic rings. The predicted octanol–water partition coefficient (Wildman–Crippen LogP) is 4.46. The Hall–Kier alpha value is -1.64. The molecule has 3 fully saturated rings. The fourth-order valence-corrected chi connectivity index (χ4v) is 5.32. The molecule has 0 saturated carbocycles. The van der Waals surface area contributed by atoms with Crippen molar-refractivity contribution in [1.29, 1.82) is 0 Å². The normalized spacial score (nSPS) is 29.6. The maximum atomic E-state index is 10.4. The van der Waals surface area contributed by atoms with Gasteiger partial charge in [-0.25, -0.2) is 0 Å². The van der Waals surface area contributed by atoms with Crippen LogP contribution in [0.4, 0.5) is 0 Å². The zero-order valence-corrected chi connectivity index (χ0v) is 15.4. The first-order valence-corrected chi connectivity index (χ1v) is 9.66. The Morgan fingerprint density at radius 3 is 2.40 bits per heavy atom. The molecule has 3 heterocycles. The number of hydrogen-bond acceptors (Lipinski definition) is 2. The van der Waals surface area contributed by atoms with E-state index in [1.165, 1.54) is 48.2 Å². The van der Waals surface area contributed by atoms with Crippen molar-refractivity contribution in [3.8, 4) is 0 Å². The van der Waals surface area contributed by atoms with Gasteiger partial charge in [-0.1, -0.05) is 48.5 Å². The monoisotopic (exact) mass is 335 g/mol. The van der Waals surface area contributed by atoms with E-state index in [-0.39, 0.29) is 12.5 Å². The highest BCUT2D eigenvalue weighted by molar-refractivity contribution is 5.37. The minimum atomic E-state index is 0.221. The van der Waals surface area contributed by atoms with Gasteiger partial charge in [-0.2, -0.15) is 0 Å². The van der Waals surface area contributed by atoms with Gasteiger partial charge in [-0.05, 0) is 73.9 Å². The molecule has 2 aromatic carbocycles. The molecule has 0 spiro atoms. The lowest BCUT2D eigenvalue weighted by molar-refractivity contribution is -0.0328. The van der Waals surface area contributed by atoms with E-state index in [0.717, 1.165) is 0 Å². The highest BCUT2D eigenvalue weighted by Crippen LogP contribution is 2.51. The first kappa shape index (κ1) is 16.8. The SMILES string of the molecule is Cc1cccc(C(CO)C2C3CCN(CC3)C2c2ccccc2)c1C. The van der Waals surface area contributed by atoms with Crippen molar-refractivity contribution in [1.82, 2.24) is 4.90 Å². The third-order valence-corrected chi connectivity index (χ3v) is 6.72. The molecule has 0 aromatic heterocycles. The van der Waals surface area contributed by atoms with E-state index in [4.69, 9.17) is 0 Å². The molecular formula is C23H29NO. The van der Waals surface area contributed by atoms with Gasteiger partial charge in [0.2, 0.25) is 0 Å². The fourth-order valence-electron chi connectivity index (χ4n) is 5.32. The number of fused-ring (bicyclic) bond motifs is 3. The van der Waals surface area contributed by atoms with Crippen molar-refractivity contribution in [3.63, 3.8) is 0 Å². The first-order valence-electron chi connectivity index (χ1n) is 9.66. The third-order valence-electron chi connectivity index (χ3n) is 6.72. The van der Waals surface area contributed by atoms with E-state index >= 15 is 0 Å². The zero-order valence-electron chi connectivity index (χ0n) is 15.4. The standard InChI is InChI=1S/C23H29NO/c1-16-7-6-10-20(17(16)2)21(15-25)22-18-11-13-24(14-12-18)23(22)19-8-4-3-5-9-19/h3-10,18,21-23,25H,11-15H2,1-2H3. The number of aliphatic hydroxyl groups is 1. The second-order valence-electron chi connectivity index (χ2n) is 7.88. The maximum Gasteiger partial charge on any atom is 0.0503 e. The average molecular weight is 335 g/mol. The number of benzene rings is 2. The summed E-state index contributed by atoms with van der Waals surface area (Å²) in [4.78, 5) is 2.66. The second kappa shape index (κ2) is 6.93. The van der Waals surface area contributed by atoms with Crippen LogP contribution >= 0.6 is 0 Å². The molecule has 2 aromatic rings. The minimum absolute atomic E-state index is 0.221. The average Bonchev–Trinajstić information content (AvgIpc) is 2.67. The summed E-state index contributed by atoms with van der Waals surface area (Å²) in [6, 6.07) is 18.0. The summed E-state index contributed by atoms with van der Waals surface area (Å²) in [7, 11) is 0. The van der Waals surface area contributed by atoms with Gasteiger partial charge in [0, 0.05) is 12.0 Å². The van der Waals surface area contributed by atoms with Gasteiger partial charge in [0.25, 0.3) is 0 Å². The van der Waals surface area contributed by atoms with Crippen molar-refractivity contribution in [2.24, 2.45) is 11.8 Å². The number of aryl methyl sites for hydroxylation is 1. The van der Waals surface area contributed by atoms with Gasteiger partial charge >= 0.3 is 0 Å². The van der Waals surface area contributed by atoms with Crippen molar-refractivity contribution in [2.45, 2.75) is 38.6 Å². The number of aliphatic hydroxyl groups excluding tert-OH is 1. The summed E-state index contributed by atoms with van der Waals surface area (Å²) >= 11 is 0. The van der Waals surface area contributed by atoms with Crippen molar-refractivity contribution < 1.29 is 5.11 Å². The smallest absolute Gasteiger partial charge is 0.0503 e. The van der Waals surface area contributed by atoms with E-state index in [1.807, 2.05) is 0 Å². The lowest BCUT2D eigenvalue weighted by atomic mass is 9.64. The van der Waals surface area contributed by atoms with Crippen LogP contribution in [0.2, 0.25) is 0 Å². The van der Waals surface area contributed by atoms with Gasteiger partial charge in [-0.3, -0.25) is 4.90 Å². The van der Waals surface area contributed by atoms with Crippen LogP contribution in [-0.2, 0) is 0 Å². The van der Waals surface area contributed by atoms with Gasteiger partial charge in [-0.15, -0.1) is 0 Å². The summed E-state index contributed by atoms with van der Waals surface area (Å²) in [6.45, 7) is 7.03. The summed E-state index contributed by atoms with van der Waals surface area (Å²) in [5, 5.41) is 10.4. The van der Waals surface area contributed by atoms with Gasteiger partial charge in [0.1, 0.15) is 0 Å². The molecule has 3 saturated heterocycles. The Kier molecular flexibility index (Phi) is 4.66. The molecule has 0 radical (unpaired) electrons. The molecule has 0 aliphatic carbocycles. The molecule has 2 bridgehead atoms. The minimum Gasteiger partial charge on any atom is -0.396 e. The quantitative estimate of drug-likeness (QED) is 0.891. The van der Waals surface area contributed by atoms with Gasteiger partial charge in [0.05, 0.1) is 6.61 Å². The number of piperidine rings is 3. The molecule has 2 heteroatoms. The number of nitrogens with zero attached hydrogens (tertiary/aromatic N) is 1. The van der Waals surface area contributed by atoms with E-state index < -0.39 is 0 Å². The largest absolute Gasteiger partial charge is 0.396 e. The predicted molar refractivity (Wildman–Crippen MR) is 103 cm³/mol. The summed E-state index contributed by atoms with van der Waals surface area (Å²) in [6.07, 6.45) is 2.55. The summed E-state index contributed by atoms with van der Waals surface area (Å²) in [5.74, 6) is 1.43. The molecule has 3 atom stereocenters. The molecule has 1 N–H and O–H groups in total. The summed E-state index contributed by atoms with van der Waals surface area (Å²) in [5.41, 5.74) is 5.45. The van der Waals surface area contributed by atoms with E-state index in [2.05, 4.69) is 67.3 Å². The Morgan fingerprint density at radius 1 is 1.00 bits per heavy atom. The van der Waals surface area contributed by atoms with Crippen LogP contribution in [0.5, 0.6) is 0 Å². The third kappa shape index (κ3) is 2.92. The number of hydrogen-bond donors (Lipinski definition) is 1. The molecule has 3 unspecified atom stereocenters. The molecule has 3 aliphatic heterocycles. The highest BCUT2D eigenvalue weighted by Gasteiger charge is 2.46. The maximum absolute atomic E-state index is 10.4. The van der Waals surface area contributed by atoms with Crippen LogP contribution in [0.15, 0.2) is 48.5 Å². The molecule has 25 heavy (non-hydrogen) atoms. The van der Waals surface area contributed by atoms with Crippen LogP contribution in [0.25, 0.3) is 0 Å². The van der Waals surface area contributed by atoms with Crippen LogP contribution in [0, 0.1) is 25.7 Å². The van der Waals surface area contributed by atoms with Gasteiger partial charge < -0.3 is 5.11 Å². The van der Waals surface area contributed by atoms with Crippen LogP contribution in [0.3, 0.4) is 0 Å². The highest BCUT2D eigenvalue weighted by atomic mass is 16.3. The lowest BCUT2D eigenvalue weighted by Crippen LogP contribution is -2.52. The zero-order chi connectivity index (χ0) is 17.4. The van der Waals surface area contributed by atoms with E-state index in [1.54, 1.807) is 0 Å². The van der Waals surface area contributed by atoms with Crippen molar-refractivity contribution in [2.75, 3.05) is 19.7 Å². The molecule has 5 rings (SSSR count). The Morgan fingerprint density at radius 2 is 1.72 bits per heavy atom.